The second-order valence-electron chi connectivity index (χ2n) is 5.44. The fourth-order valence-corrected chi connectivity index (χ4v) is 2.18. The molecule has 0 fully saturated rings. The molecule has 1 heterocycles. The third-order valence-electron chi connectivity index (χ3n) is 3.38. The number of amides is 1. The number of nitrogens with one attached hydrogen (secondary N) is 1. The molecule has 0 saturated heterocycles. The molecule has 1 aliphatic heterocycles. The van der Waals surface area contributed by atoms with Crippen LogP contribution in [0, 0.1) is 5.92 Å². The summed E-state index contributed by atoms with van der Waals surface area (Å²) in [6.45, 7) is 5.43. The molecule has 19 heavy (non-hydrogen) atoms. The van der Waals surface area contributed by atoms with Gasteiger partial charge in [0.05, 0.1) is 12.1 Å². The third-order valence-corrected chi connectivity index (χ3v) is 3.38. The summed E-state index contributed by atoms with van der Waals surface area (Å²) < 4.78 is 5.53. The minimum atomic E-state index is -0.0783. The van der Waals surface area contributed by atoms with Crippen LogP contribution in [-0.2, 0) is 0 Å². The van der Waals surface area contributed by atoms with E-state index < -0.39 is 0 Å². The van der Waals surface area contributed by atoms with Gasteiger partial charge < -0.3 is 15.8 Å². The highest BCUT2D eigenvalue weighted by molar-refractivity contribution is 5.97. The zero-order valence-electron chi connectivity index (χ0n) is 11.6. The van der Waals surface area contributed by atoms with Crippen molar-refractivity contribution >= 4 is 5.91 Å². The minimum Gasteiger partial charge on any atom is -0.491 e. The Bertz CT molecular complexity index is 457. The average molecular weight is 262 g/mol. The van der Waals surface area contributed by atoms with E-state index in [1.165, 1.54) is 0 Å². The summed E-state index contributed by atoms with van der Waals surface area (Å²) in [4.78, 5) is 11.9. The van der Waals surface area contributed by atoms with E-state index in [1.807, 2.05) is 18.2 Å². The standard InChI is InChI=1S/C15H22N2O2/c1-10(2)3-5-13(16)11-4-6-14-12(9-11)15(18)17-7-8-19-14/h4,6,9-10,13H,3,5,7-8,16H2,1-2H3,(H,17,18). The molecule has 0 bridgehead atoms. The Labute approximate surface area is 114 Å². The topological polar surface area (TPSA) is 64.4 Å². The van der Waals surface area contributed by atoms with Gasteiger partial charge in [0.15, 0.2) is 0 Å². The molecule has 1 atom stereocenters. The average Bonchev–Trinajstić information content (AvgIpc) is 2.58. The van der Waals surface area contributed by atoms with E-state index in [1.54, 1.807) is 0 Å². The number of carbonyl (C=O) groups excluding carboxylic acids is 1. The Balaban J connectivity index is 2.17. The van der Waals surface area contributed by atoms with Crippen LogP contribution in [0.25, 0.3) is 0 Å². The van der Waals surface area contributed by atoms with Crippen LogP contribution in [0.3, 0.4) is 0 Å². The van der Waals surface area contributed by atoms with Crippen molar-refractivity contribution in [2.24, 2.45) is 11.7 Å². The van der Waals surface area contributed by atoms with Crippen LogP contribution in [0.2, 0.25) is 0 Å². The van der Waals surface area contributed by atoms with Crippen LogP contribution in [-0.4, -0.2) is 19.1 Å². The first kappa shape index (κ1) is 13.9. The molecular weight excluding hydrogens is 240 g/mol. The molecular formula is C15H22N2O2. The lowest BCUT2D eigenvalue weighted by Gasteiger charge is -2.15. The summed E-state index contributed by atoms with van der Waals surface area (Å²) in [7, 11) is 0. The smallest absolute Gasteiger partial charge is 0.255 e. The monoisotopic (exact) mass is 262 g/mol. The zero-order chi connectivity index (χ0) is 13.8. The number of rotatable bonds is 4. The molecule has 4 nitrogen and oxygen atoms in total. The number of carbonyl (C=O) groups is 1. The van der Waals surface area contributed by atoms with Gasteiger partial charge in [-0.2, -0.15) is 0 Å². The highest BCUT2D eigenvalue weighted by Crippen LogP contribution is 2.26. The minimum absolute atomic E-state index is 0.0243. The van der Waals surface area contributed by atoms with Gasteiger partial charge in [0.25, 0.3) is 5.91 Å². The maximum atomic E-state index is 11.9. The molecule has 1 aromatic rings. The van der Waals surface area contributed by atoms with Crippen LogP contribution in [0.1, 0.15) is 48.7 Å². The molecule has 1 amide bonds. The SMILES string of the molecule is CC(C)CCC(N)c1ccc2c(c1)C(=O)NCCO2. The summed E-state index contributed by atoms with van der Waals surface area (Å²) in [6, 6.07) is 5.65. The first-order chi connectivity index (χ1) is 9.08. The predicted molar refractivity (Wildman–Crippen MR) is 75.3 cm³/mol. The number of hydrogen-bond donors (Lipinski definition) is 2. The fourth-order valence-electron chi connectivity index (χ4n) is 2.18. The maximum Gasteiger partial charge on any atom is 0.255 e. The molecule has 1 unspecified atom stereocenters. The van der Waals surface area contributed by atoms with Gasteiger partial charge in [-0.25, -0.2) is 0 Å². The van der Waals surface area contributed by atoms with Gasteiger partial charge in [-0.1, -0.05) is 19.9 Å². The Hall–Kier alpha value is -1.55. The van der Waals surface area contributed by atoms with Crippen LogP contribution in [0.15, 0.2) is 18.2 Å². The van der Waals surface area contributed by atoms with Crippen molar-refractivity contribution in [3.8, 4) is 5.75 Å². The van der Waals surface area contributed by atoms with Crippen molar-refractivity contribution in [3.63, 3.8) is 0 Å². The first-order valence-corrected chi connectivity index (χ1v) is 6.88. The second kappa shape index (κ2) is 6.06. The Morgan fingerprint density at radius 3 is 2.89 bits per heavy atom. The molecule has 0 aromatic heterocycles. The van der Waals surface area contributed by atoms with E-state index in [4.69, 9.17) is 10.5 Å². The van der Waals surface area contributed by atoms with Gasteiger partial charge in [-0.05, 0) is 36.5 Å². The summed E-state index contributed by atoms with van der Waals surface area (Å²) >= 11 is 0. The highest BCUT2D eigenvalue weighted by Gasteiger charge is 2.18. The predicted octanol–water partition coefficient (Wildman–Crippen LogP) is 2.24. The maximum absolute atomic E-state index is 11.9. The largest absolute Gasteiger partial charge is 0.491 e. The number of nitrogens with two attached hydrogens (primary N) is 1. The first-order valence-electron chi connectivity index (χ1n) is 6.88. The molecule has 3 N–H and O–H groups in total. The number of hydrogen-bond acceptors (Lipinski definition) is 3. The third kappa shape index (κ3) is 3.47. The Morgan fingerprint density at radius 1 is 1.37 bits per heavy atom. The summed E-state index contributed by atoms with van der Waals surface area (Å²) in [5.74, 6) is 1.21. The molecule has 104 valence electrons. The second-order valence-corrected chi connectivity index (χ2v) is 5.44. The lowest BCUT2D eigenvalue weighted by molar-refractivity contribution is 0.0957. The van der Waals surface area contributed by atoms with Gasteiger partial charge in [0.1, 0.15) is 12.4 Å². The van der Waals surface area contributed by atoms with Crippen LogP contribution >= 0.6 is 0 Å². The fraction of sp³-hybridized carbons (Fsp3) is 0.533. The molecule has 0 aliphatic carbocycles. The van der Waals surface area contributed by atoms with E-state index in [0.29, 0.717) is 30.4 Å². The molecule has 1 aliphatic rings. The molecule has 0 spiro atoms. The van der Waals surface area contributed by atoms with E-state index in [-0.39, 0.29) is 11.9 Å². The zero-order valence-corrected chi connectivity index (χ0v) is 11.6. The van der Waals surface area contributed by atoms with Crippen molar-refractivity contribution in [2.75, 3.05) is 13.2 Å². The molecule has 0 radical (unpaired) electrons. The van der Waals surface area contributed by atoms with Gasteiger partial charge in [0, 0.05) is 6.04 Å². The van der Waals surface area contributed by atoms with Crippen LogP contribution in [0.4, 0.5) is 0 Å². The number of benzene rings is 1. The molecule has 4 heteroatoms. The number of fused-ring (bicyclic) bond motifs is 1. The van der Waals surface area contributed by atoms with E-state index in [9.17, 15) is 4.79 Å². The summed E-state index contributed by atoms with van der Waals surface area (Å²) in [6.07, 6.45) is 2.01. The van der Waals surface area contributed by atoms with Crippen molar-refractivity contribution in [3.05, 3.63) is 29.3 Å². The Morgan fingerprint density at radius 2 is 2.16 bits per heavy atom. The van der Waals surface area contributed by atoms with Gasteiger partial charge in [0.2, 0.25) is 0 Å². The van der Waals surface area contributed by atoms with Crippen molar-refractivity contribution in [2.45, 2.75) is 32.7 Å². The van der Waals surface area contributed by atoms with Crippen molar-refractivity contribution in [1.29, 1.82) is 0 Å². The molecule has 1 aromatic carbocycles. The molecule has 0 saturated carbocycles. The van der Waals surface area contributed by atoms with Gasteiger partial charge in [-0.15, -0.1) is 0 Å². The van der Waals surface area contributed by atoms with Crippen molar-refractivity contribution in [1.82, 2.24) is 5.32 Å². The summed E-state index contributed by atoms with van der Waals surface area (Å²) in [5, 5.41) is 2.81. The quantitative estimate of drug-likeness (QED) is 0.874. The molecule has 2 rings (SSSR count). The van der Waals surface area contributed by atoms with Gasteiger partial charge >= 0.3 is 0 Å². The van der Waals surface area contributed by atoms with E-state index in [2.05, 4.69) is 19.2 Å². The lowest BCUT2D eigenvalue weighted by atomic mass is 9.96. The van der Waals surface area contributed by atoms with E-state index >= 15 is 0 Å². The van der Waals surface area contributed by atoms with Gasteiger partial charge in [-0.3, -0.25) is 4.79 Å². The normalized spacial score (nSPS) is 16.3. The van der Waals surface area contributed by atoms with E-state index in [0.717, 1.165) is 18.4 Å². The summed E-state index contributed by atoms with van der Waals surface area (Å²) in [5.41, 5.74) is 7.78. The Kier molecular flexibility index (Phi) is 4.43. The lowest BCUT2D eigenvalue weighted by Crippen LogP contribution is -2.24. The number of ether oxygens (including phenoxy) is 1. The van der Waals surface area contributed by atoms with Crippen molar-refractivity contribution < 1.29 is 9.53 Å². The van der Waals surface area contributed by atoms with Crippen LogP contribution < -0.4 is 15.8 Å². The van der Waals surface area contributed by atoms with Crippen LogP contribution in [0.5, 0.6) is 5.75 Å². The highest BCUT2D eigenvalue weighted by atomic mass is 16.5.